The summed E-state index contributed by atoms with van der Waals surface area (Å²) in [4.78, 5) is 21.8. The predicted molar refractivity (Wildman–Crippen MR) is 76.0 cm³/mol. The maximum Gasteiger partial charge on any atom is 0.308 e. The number of ether oxygens (including phenoxy) is 2. The zero-order chi connectivity index (χ0) is 14.1. The molecule has 20 heavy (non-hydrogen) atoms. The molecule has 2 aromatic rings. The van der Waals surface area contributed by atoms with E-state index in [0.717, 1.165) is 20.7 Å². The van der Waals surface area contributed by atoms with E-state index in [2.05, 4.69) is 9.97 Å². The normalized spacial score (nSPS) is 18.0. The summed E-state index contributed by atoms with van der Waals surface area (Å²) >= 11 is 7.73. The first kappa shape index (κ1) is 13.7. The molecule has 1 aliphatic rings. The van der Waals surface area contributed by atoms with Gasteiger partial charge in [-0.2, -0.15) is 0 Å². The van der Waals surface area contributed by atoms with Gasteiger partial charge in [0.15, 0.2) is 0 Å². The molecule has 1 aliphatic heterocycles. The zero-order valence-electron chi connectivity index (χ0n) is 10.9. The van der Waals surface area contributed by atoms with Crippen molar-refractivity contribution in [2.24, 2.45) is 0 Å². The van der Waals surface area contributed by atoms with Crippen LogP contribution in [0.15, 0.2) is 6.33 Å². The number of rotatable bonds is 3. The quantitative estimate of drug-likeness (QED) is 0.644. The number of carbonyl (C=O) groups is 1. The van der Waals surface area contributed by atoms with E-state index in [-0.39, 0.29) is 18.5 Å². The summed E-state index contributed by atoms with van der Waals surface area (Å²) in [7, 11) is 0. The van der Waals surface area contributed by atoms with Crippen LogP contribution < -0.4 is 0 Å². The highest BCUT2D eigenvalue weighted by Crippen LogP contribution is 2.38. The first-order valence-corrected chi connectivity index (χ1v) is 7.56. The summed E-state index contributed by atoms with van der Waals surface area (Å²) < 4.78 is 10.7. The van der Waals surface area contributed by atoms with Crippen LogP contribution in [0.4, 0.5) is 0 Å². The number of thiophene rings is 1. The second-order valence-electron chi connectivity index (χ2n) is 4.49. The van der Waals surface area contributed by atoms with Crippen LogP contribution in [0.1, 0.15) is 23.8 Å². The van der Waals surface area contributed by atoms with E-state index in [4.69, 9.17) is 21.1 Å². The van der Waals surface area contributed by atoms with Gasteiger partial charge >= 0.3 is 5.97 Å². The topological polar surface area (TPSA) is 61.3 Å². The second kappa shape index (κ2) is 5.63. The summed E-state index contributed by atoms with van der Waals surface area (Å²) in [6, 6.07) is 0. The molecule has 0 radical (unpaired) electrons. The Hall–Kier alpha value is -1.24. The highest BCUT2D eigenvalue weighted by Gasteiger charge is 2.27. The third-order valence-electron chi connectivity index (χ3n) is 3.21. The van der Waals surface area contributed by atoms with Crippen LogP contribution in [-0.4, -0.2) is 28.6 Å². The number of aromatic nitrogens is 2. The molecule has 3 rings (SSSR count). The average Bonchev–Trinajstić information content (AvgIpc) is 2.78. The van der Waals surface area contributed by atoms with E-state index >= 15 is 0 Å². The first-order chi connectivity index (χ1) is 9.69. The van der Waals surface area contributed by atoms with E-state index in [9.17, 15) is 4.79 Å². The maximum absolute atomic E-state index is 11.5. The van der Waals surface area contributed by atoms with Gasteiger partial charge in [0.1, 0.15) is 16.3 Å². The molecule has 7 heteroatoms. The molecular formula is C13H13ClN2O3S. The lowest BCUT2D eigenvalue weighted by Gasteiger charge is -2.22. The second-order valence-corrected chi connectivity index (χ2v) is 5.94. The zero-order valence-corrected chi connectivity index (χ0v) is 12.5. The van der Waals surface area contributed by atoms with Crippen molar-refractivity contribution in [2.75, 3.05) is 6.61 Å². The molecule has 0 bridgehead atoms. The number of nitrogens with zero attached hydrogens (tertiary/aromatic N) is 2. The molecule has 106 valence electrons. The molecule has 0 saturated carbocycles. The van der Waals surface area contributed by atoms with Crippen LogP contribution >= 0.6 is 22.9 Å². The van der Waals surface area contributed by atoms with Gasteiger partial charge < -0.3 is 9.47 Å². The van der Waals surface area contributed by atoms with Crippen LogP contribution in [0.5, 0.6) is 0 Å². The van der Waals surface area contributed by atoms with Gasteiger partial charge in [-0.15, -0.1) is 11.3 Å². The van der Waals surface area contributed by atoms with E-state index in [0.29, 0.717) is 24.8 Å². The molecule has 5 nitrogen and oxygen atoms in total. The molecule has 0 aromatic carbocycles. The molecule has 0 amide bonds. The van der Waals surface area contributed by atoms with Crippen molar-refractivity contribution in [1.82, 2.24) is 9.97 Å². The molecule has 0 fully saturated rings. The molecule has 2 aromatic heterocycles. The third-order valence-corrected chi connectivity index (χ3v) is 4.61. The van der Waals surface area contributed by atoms with Crippen LogP contribution in [0.2, 0.25) is 5.15 Å². The molecule has 1 unspecified atom stereocenters. The number of hydrogen-bond donors (Lipinski definition) is 0. The number of esters is 1. The van der Waals surface area contributed by atoms with Gasteiger partial charge in [-0.3, -0.25) is 4.79 Å². The van der Waals surface area contributed by atoms with Gasteiger partial charge in [0.2, 0.25) is 0 Å². The Balaban J connectivity index is 1.87. The Morgan fingerprint density at radius 3 is 3.25 bits per heavy atom. The van der Waals surface area contributed by atoms with E-state index in [1.807, 2.05) is 0 Å². The maximum atomic E-state index is 11.5. The van der Waals surface area contributed by atoms with Gasteiger partial charge in [0, 0.05) is 11.3 Å². The van der Waals surface area contributed by atoms with Crippen molar-refractivity contribution < 1.29 is 14.3 Å². The fourth-order valence-corrected chi connectivity index (χ4v) is 3.74. The Labute approximate surface area is 124 Å². The highest BCUT2D eigenvalue weighted by molar-refractivity contribution is 7.18. The summed E-state index contributed by atoms with van der Waals surface area (Å²) in [5.74, 6) is -0.233. The lowest BCUT2D eigenvalue weighted by atomic mass is 10.0. The third kappa shape index (κ3) is 2.51. The average molecular weight is 313 g/mol. The van der Waals surface area contributed by atoms with E-state index < -0.39 is 0 Å². The van der Waals surface area contributed by atoms with Gasteiger partial charge in [0.25, 0.3) is 0 Å². The SMILES string of the molecule is CCOC(=O)CC1Cc2c(sc3ncnc(Cl)c23)CO1. The molecule has 0 saturated heterocycles. The van der Waals surface area contributed by atoms with Crippen molar-refractivity contribution in [3.05, 3.63) is 21.9 Å². The largest absolute Gasteiger partial charge is 0.466 e. The van der Waals surface area contributed by atoms with E-state index in [1.54, 1.807) is 18.3 Å². The number of carbonyl (C=O) groups excluding carboxylic acids is 1. The van der Waals surface area contributed by atoms with Crippen molar-refractivity contribution in [2.45, 2.75) is 32.5 Å². The molecule has 0 aliphatic carbocycles. The standard InChI is InChI=1S/C13H13ClN2O3S/c1-2-18-10(17)4-7-3-8-9(5-19-7)20-13-11(8)12(14)15-6-16-13/h6-7H,2-5H2,1H3. The summed E-state index contributed by atoms with van der Waals surface area (Å²) in [6.07, 6.45) is 2.19. The Bertz CT molecular complexity index is 658. The molecular weight excluding hydrogens is 300 g/mol. The minimum absolute atomic E-state index is 0.171. The molecule has 0 N–H and O–H groups in total. The minimum atomic E-state index is -0.233. The van der Waals surface area contributed by atoms with Crippen molar-refractivity contribution >= 4 is 39.1 Å². The Kier molecular flexibility index (Phi) is 3.87. The van der Waals surface area contributed by atoms with Crippen LogP contribution in [-0.2, 0) is 27.3 Å². The lowest BCUT2D eigenvalue weighted by Crippen LogP contribution is -2.25. The van der Waals surface area contributed by atoms with Crippen LogP contribution in [0.3, 0.4) is 0 Å². The van der Waals surface area contributed by atoms with Crippen molar-refractivity contribution in [3.63, 3.8) is 0 Å². The van der Waals surface area contributed by atoms with Crippen molar-refractivity contribution in [1.29, 1.82) is 0 Å². The van der Waals surface area contributed by atoms with Crippen molar-refractivity contribution in [3.8, 4) is 0 Å². The fraction of sp³-hybridized carbons (Fsp3) is 0.462. The number of fused-ring (bicyclic) bond motifs is 3. The van der Waals surface area contributed by atoms with Gasteiger partial charge in [0.05, 0.1) is 31.1 Å². The van der Waals surface area contributed by atoms with Gasteiger partial charge in [-0.25, -0.2) is 9.97 Å². The lowest BCUT2D eigenvalue weighted by molar-refractivity contribution is -0.146. The fourth-order valence-electron chi connectivity index (χ4n) is 2.35. The van der Waals surface area contributed by atoms with E-state index in [1.165, 1.54) is 6.33 Å². The Morgan fingerprint density at radius 2 is 2.45 bits per heavy atom. The molecule has 1 atom stereocenters. The molecule has 0 spiro atoms. The number of halogens is 1. The first-order valence-electron chi connectivity index (χ1n) is 6.37. The van der Waals surface area contributed by atoms with Crippen LogP contribution in [0.25, 0.3) is 10.2 Å². The monoisotopic (exact) mass is 312 g/mol. The van der Waals surface area contributed by atoms with Gasteiger partial charge in [-0.05, 0) is 12.5 Å². The number of hydrogen-bond acceptors (Lipinski definition) is 6. The minimum Gasteiger partial charge on any atom is -0.466 e. The highest BCUT2D eigenvalue weighted by atomic mass is 35.5. The molecule has 3 heterocycles. The van der Waals surface area contributed by atoms with Crippen LogP contribution in [0, 0.1) is 0 Å². The summed E-state index contributed by atoms with van der Waals surface area (Å²) in [5.41, 5.74) is 1.11. The summed E-state index contributed by atoms with van der Waals surface area (Å²) in [5, 5.41) is 1.36. The van der Waals surface area contributed by atoms with Gasteiger partial charge in [-0.1, -0.05) is 11.6 Å². The summed E-state index contributed by atoms with van der Waals surface area (Å²) in [6.45, 7) is 2.66. The predicted octanol–water partition coefficient (Wildman–Crippen LogP) is 2.74. The Morgan fingerprint density at radius 1 is 1.60 bits per heavy atom. The smallest absolute Gasteiger partial charge is 0.308 e.